The number of nitrogens with zero attached hydrogens (tertiary/aromatic N) is 6. The zero-order valence-electron chi connectivity index (χ0n) is 10.2. The van der Waals surface area contributed by atoms with Crippen molar-refractivity contribution in [2.45, 2.75) is 10.1 Å². The molecular weight excluding hydrogens is 286 g/mol. The van der Waals surface area contributed by atoms with Crippen molar-refractivity contribution in [2.24, 2.45) is 17.9 Å². The molecule has 20 heavy (non-hydrogen) atoms. The highest BCUT2D eigenvalue weighted by atomic mass is 32.2. The summed E-state index contributed by atoms with van der Waals surface area (Å²) in [5, 5.41) is 33.7. The van der Waals surface area contributed by atoms with Crippen LogP contribution in [0, 0.1) is 10.1 Å². The first-order valence-corrected chi connectivity index (χ1v) is 6.01. The highest BCUT2D eigenvalue weighted by Gasteiger charge is 2.19. The number of nitrogens with two attached hydrogens (primary N) is 1. The summed E-state index contributed by atoms with van der Waals surface area (Å²) in [6.07, 6.45) is 0. The molecule has 2 aromatic rings. The Morgan fingerprint density at radius 2 is 2.35 bits per heavy atom. The largest absolute Gasteiger partial charge is 0.409 e. The van der Waals surface area contributed by atoms with Crippen molar-refractivity contribution in [1.29, 1.82) is 0 Å². The lowest BCUT2D eigenvalue weighted by molar-refractivity contribution is -0.387. The van der Waals surface area contributed by atoms with Gasteiger partial charge in [-0.25, -0.2) is 4.68 Å². The van der Waals surface area contributed by atoms with Gasteiger partial charge < -0.3 is 10.9 Å². The first-order chi connectivity index (χ1) is 9.52. The average molecular weight is 295 g/mol. The second kappa shape index (κ2) is 5.52. The molecule has 0 saturated carbocycles. The third-order valence-corrected chi connectivity index (χ3v) is 3.44. The van der Waals surface area contributed by atoms with Crippen molar-refractivity contribution in [3.05, 3.63) is 33.9 Å². The van der Waals surface area contributed by atoms with Crippen LogP contribution in [0.15, 0.2) is 33.4 Å². The molecule has 0 aliphatic rings. The molecular formula is C9H9N7O3S. The number of hydrogen-bond donors (Lipinski definition) is 2. The van der Waals surface area contributed by atoms with Gasteiger partial charge in [-0.05, 0) is 34.3 Å². The molecule has 10 nitrogen and oxygen atoms in total. The Hall–Kier alpha value is -2.69. The van der Waals surface area contributed by atoms with Gasteiger partial charge in [-0.15, -0.1) is 5.10 Å². The molecule has 0 fully saturated rings. The lowest BCUT2D eigenvalue weighted by Crippen LogP contribution is -2.13. The molecule has 2 rings (SSSR count). The van der Waals surface area contributed by atoms with E-state index in [1.807, 2.05) is 0 Å². The first kappa shape index (κ1) is 13.7. The van der Waals surface area contributed by atoms with Crippen LogP contribution in [0.5, 0.6) is 0 Å². The van der Waals surface area contributed by atoms with E-state index in [0.717, 1.165) is 11.8 Å². The molecule has 1 heterocycles. The fraction of sp³-hybridized carbons (Fsp3) is 0.111. The predicted octanol–water partition coefficient (Wildman–Crippen LogP) is 0.364. The van der Waals surface area contributed by atoms with Crippen LogP contribution >= 0.6 is 11.8 Å². The van der Waals surface area contributed by atoms with E-state index in [2.05, 4.69) is 20.7 Å². The number of nitro benzene ring substituents is 1. The number of benzene rings is 1. The van der Waals surface area contributed by atoms with Crippen LogP contribution in [0.25, 0.3) is 0 Å². The maximum Gasteiger partial charge on any atom is 0.284 e. The number of aromatic nitrogens is 4. The SMILES string of the molecule is Cn1nnnc1Sc1ccc(C(N)=NO)cc1[N+](=O)[O-]. The molecule has 0 saturated heterocycles. The molecule has 1 aromatic carbocycles. The van der Waals surface area contributed by atoms with Crippen LogP contribution in [0.4, 0.5) is 5.69 Å². The van der Waals surface area contributed by atoms with Gasteiger partial charge in [0.2, 0.25) is 5.16 Å². The molecule has 11 heteroatoms. The van der Waals surface area contributed by atoms with Crippen molar-refractivity contribution in [3.8, 4) is 0 Å². The van der Waals surface area contributed by atoms with E-state index in [4.69, 9.17) is 10.9 Å². The minimum absolute atomic E-state index is 0.179. The quantitative estimate of drug-likeness (QED) is 0.270. The highest BCUT2D eigenvalue weighted by Crippen LogP contribution is 2.33. The van der Waals surface area contributed by atoms with Crippen LogP contribution in [-0.4, -0.2) is 36.2 Å². The van der Waals surface area contributed by atoms with Gasteiger partial charge in [0.1, 0.15) is 0 Å². The molecule has 0 atom stereocenters. The molecule has 3 N–H and O–H groups in total. The van der Waals surface area contributed by atoms with Gasteiger partial charge in [0.15, 0.2) is 5.84 Å². The van der Waals surface area contributed by atoms with Crippen molar-refractivity contribution in [2.75, 3.05) is 0 Å². The Morgan fingerprint density at radius 3 is 2.90 bits per heavy atom. The molecule has 0 aliphatic carbocycles. The third kappa shape index (κ3) is 2.66. The Morgan fingerprint density at radius 1 is 1.60 bits per heavy atom. The van der Waals surface area contributed by atoms with Crippen LogP contribution in [0.1, 0.15) is 5.56 Å². The van der Waals surface area contributed by atoms with Crippen molar-refractivity contribution >= 4 is 23.3 Å². The van der Waals surface area contributed by atoms with Crippen molar-refractivity contribution in [1.82, 2.24) is 20.2 Å². The number of aryl methyl sites for hydroxylation is 1. The lowest BCUT2D eigenvalue weighted by atomic mass is 10.2. The number of oxime groups is 1. The van der Waals surface area contributed by atoms with E-state index >= 15 is 0 Å². The Balaban J connectivity index is 2.43. The van der Waals surface area contributed by atoms with Crippen LogP contribution < -0.4 is 5.73 Å². The van der Waals surface area contributed by atoms with Crippen molar-refractivity contribution < 1.29 is 10.1 Å². The normalized spacial score (nSPS) is 11.6. The summed E-state index contributed by atoms with van der Waals surface area (Å²) >= 11 is 1.05. The van der Waals surface area contributed by atoms with E-state index in [1.165, 1.54) is 22.9 Å². The van der Waals surface area contributed by atoms with Gasteiger partial charge in [-0.1, -0.05) is 5.16 Å². The van der Waals surface area contributed by atoms with Gasteiger partial charge in [-0.2, -0.15) is 0 Å². The minimum atomic E-state index is -0.555. The Labute approximate surface area is 116 Å². The molecule has 104 valence electrons. The summed E-state index contributed by atoms with van der Waals surface area (Å²) in [5.74, 6) is -0.204. The highest BCUT2D eigenvalue weighted by molar-refractivity contribution is 7.99. The third-order valence-electron chi connectivity index (χ3n) is 2.34. The molecule has 1 aromatic heterocycles. The van der Waals surface area contributed by atoms with Gasteiger partial charge in [0, 0.05) is 18.7 Å². The number of tetrazole rings is 1. The lowest BCUT2D eigenvalue weighted by Gasteiger charge is -2.04. The summed E-state index contributed by atoms with van der Waals surface area (Å²) in [5.41, 5.74) is 5.48. The summed E-state index contributed by atoms with van der Waals surface area (Å²) in [4.78, 5) is 10.9. The fourth-order valence-corrected chi connectivity index (χ4v) is 2.19. The number of hydrogen-bond acceptors (Lipinski definition) is 8. The predicted molar refractivity (Wildman–Crippen MR) is 68.5 cm³/mol. The number of amidine groups is 1. The topological polar surface area (TPSA) is 145 Å². The molecule has 0 bridgehead atoms. The second-order valence-electron chi connectivity index (χ2n) is 3.61. The molecule has 0 aliphatic heterocycles. The average Bonchev–Trinajstić information content (AvgIpc) is 2.83. The van der Waals surface area contributed by atoms with Crippen LogP contribution in [0.3, 0.4) is 0 Å². The van der Waals surface area contributed by atoms with E-state index in [1.54, 1.807) is 7.05 Å². The fourth-order valence-electron chi connectivity index (χ4n) is 1.37. The number of rotatable bonds is 4. The van der Waals surface area contributed by atoms with Crippen molar-refractivity contribution in [3.63, 3.8) is 0 Å². The maximum atomic E-state index is 11.1. The Bertz CT molecular complexity index is 684. The minimum Gasteiger partial charge on any atom is -0.409 e. The van der Waals surface area contributed by atoms with Gasteiger partial charge in [0.25, 0.3) is 5.69 Å². The van der Waals surface area contributed by atoms with Gasteiger partial charge in [-0.3, -0.25) is 10.1 Å². The molecule has 0 unspecified atom stereocenters. The monoisotopic (exact) mass is 295 g/mol. The molecule has 0 radical (unpaired) electrons. The molecule has 0 spiro atoms. The smallest absolute Gasteiger partial charge is 0.284 e. The van der Waals surface area contributed by atoms with E-state index < -0.39 is 4.92 Å². The van der Waals surface area contributed by atoms with E-state index in [-0.39, 0.29) is 17.1 Å². The first-order valence-electron chi connectivity index (χ1n) is 5.19. The Kier molecular flexibility index (Phi) is 3.79. The number of nitro groups is 1. The van der Waals surface area contributed by atoms with Gasteiger partial charge in [0.05, 0.1) is 9.82 Å². The van der Waals surface area contributed by atoms with Crippen LogP contribution in [0.2, 0.25) is 0 Å². The van der Waals surface area contributed by atoms with Gasteiger partial charge >= 0.3 is 0 Å². The molecule has 0 amide bonds. The zero-order valence-corrected chi connectivity index (χ0v) is 11.0. The summed E-state index contributed by atoms with van der Waals surface area (Å²) in [7, 11) is 1.62. The summed E-state index contributed by atoms with van der Waals surface area (Å²) < 4.78 is 1.39. The maximum absolute atomic E-state index is 11.1. The summed E-state index contributed by atoms with van der Waals surface area (Å²) in [6.45, 7) is 0. The van der Waals surface area contributed by atoms with E-state index in [0.29, 0.717) is 10.1 Å². The van der Waals surface area contributed by atoms with E-state index in [9.17, 15) is 10.1 Å². The summed E-state index contributed by atoms with van der Waals surface area (Å²) in [6, 6.07) is 4.22. The second-order valence-corrected chi connectivity index (χ2v) is 4.62. The standard InChI is InChI=1S/C9H9N7O3S/c1-15-9(11-13-14-15)20-7-3-2-5(8(10)12-17)4-6(7)16(18)19/h2-4,17H,1H3,(H2,10,12). The van der Waals surface area contributed by atoms with Crippen LogP contribution in [-0.2, 0) is 7.05 Å². The zero-order chi connectivity index (χ0) is 14.7.